The molecule has 0 unspecified atom stereocenters. The quantitative estimate of drug-likeness (QED) is 0.846. The fourth-order valence-corrected chi connectivity index (χ4v) is 1.59. The molecule has 0 atom stereocenters. The molecule has 1 aromatic heterocycles. The van der Waals surface area contributed by atoms with E-state index < -0.39 is 17.6 Å². The molecule has 2 rings (SSSR count). The van der Waals surface area contributed by atoms with Gasteiger partial charge in [-0.15, -0.1) is 0 Å². The fourth-order valence-electron chi connectivity index (χ4n) is 1.27. The van der Waals surface area contributed by atoms with E-state index in [1.54, 1.807) is 0 Å². The molecule has 0 aliphatic rings. The Hall–Kier alpha value is -1.89. The molecule has 0 saturated carbocycles. The minimum atomic E-state index is -1.24. The van der Waals surface area contributed by atoms with Gasteiger partial charge in [-0.2, -0.15) is 0 Å². The van der Waals surface area contributed by atoms with E-state index in [0.717, 1.165) is 12.1 Å². The van der Waals surface area contributed by atoms with E-state index in [0.29, 0.717) is 0 Å². The van der Waals surface area contributed by atoms with Crippen LogP contribution in [0.4, 0.5) is 20.4 Å². The summed E-state index contributed by atoms with van der Waals surface area (Å²) in [6.07, 6.45) is 0. The van der Waals surface area contributed by atoms with Gasteiger partial charge < -0.3 is 14.8 Å². The molecule has 0 amide bonds. The standard InChI is InChI=1S/C11H6BrF2NO3/c12-5-3-7(14)8(4-6(5)13)15-10-2-1-9(18-10)11(16)17/h1-4,15H,(H,16,17). The smallest absolute Gasteiger partial charge is 0.371 e. The van der Waals surface area contributed by atoms with E-state index in [1.807, 2.05) is 0 Å². The first-order valence-electron chi connectivity index (χ1n) is 4.72. The van der Waals surface area contributed by atoms with Gasteiger partial charge in [-0.1, -0.05) is 0 Å². The zero-order chi connectivity index (χ0) is 13.3. The third-order valence-electron chi connectivity index (χ3n) is 2.08. The van der Waals surface area contributed by atoms with Gasteiger partial charge in [0, 0.05) is 12.1 Å². The second-order valence-corrected chi connectivity index (χ2v) is 4.19. The maximum absolute atomic E-state index is 13.5. The number of carboxylic acids is 1. The molecule has 0 bridgehead atoms. The molecule has 0 saturated heterocycles. The van der Waals surface area contributed by atoms with E-state index in [1.165, 1.54) is 12.1 Å². The summed E-state index contributed by atoms with van der Waals surface area (Å²) in [7, 11) is 0. The van der Waals surface area contributed by atoms with Crippen molar-refractivity contribution in [2.75, 3.05) is 5.32 Å². The van der Waals surface area contributed by atoms with Crippen molar-refractivity contribution in [3.05, 3.63) is 46.1 Å². The number of hydrogen-bond acceptors (Lipinski definition) is 3. The number of hydrogen-bond donors (Lipinski definition) is 2. The van der Waals surface area contributed by atoms with E-state index in [9.17, 15) is 13.6 Å². The van der Waals surface area contributed by atoms with Crippen molar-refractivity contribution in [1.29, 1.82) is 0 Å². The summed E-state index contributed by atoms with van der Waals surface area (Å²) in [5.74, 6) is -2.88. The predicted molar refractivity (Wildman–Crippen MR) is 63.0 cm³/mol. The molecule has 94 valence electrons. The maximum Gasteiger partial charge on any atom is 0.371 e. The molecular formula is C11H6BrF2NO3. The van der Waals surface area contributed by atoms with Crippen LogP contribution in [0, 0.1) is 11.6 Å². The topological polar surface area (TPSA) is 62.5 Å². The van der Waals surface area contributed by atoms with E-state index in [4.69, 9.17) is 9.52 Å². The molecule has 7 heteroatoms. The zero-order valence-electron chi connectivity index (χ0n) is 8.71. The Balaban J connectivity index is 2.28. The van der Waals surface area contributed by atoms with Crippen LogP contribution in [0.2, 0.25) is 0 Å². The number of halogens is 3. The molecule has 0 fully saturated rings. The molecule has 0 spiro atoms. The maximum atomic E-state index is 13.5. The van der Waals surface area contributed by atoms with Crippen LogP contribution in [0.3, 0.4) is 0 Å². The highest BCUT2D eigenvalue weighted by atomic mass is 79.9. The summed E-state index contributed by atoms with van der Waals surface area (Å²) in [5, 5.41) is 11.1. The lowest BCUT2D eigenvalue weighted by Gasteiger charge is -2.05. The highest BCUT2D eigenvalue weighted by molar-refractivity contribution is 9.10. The molecule has 0 aliphatic carbocycles. The second kappa shape index (κ2) is 4.77. The molecule has 4 nitrogen and oxygen atoms in total. The van der Waals surface area contributed by atoms with E-state index in [-0.39, 0.29) is 21.8 Å². The summed E-state index contributed by atoms with van der Waals surface area (Å²) < 4.78 is 31.5. The highest BCUT2D eigenvalue weighted by Crippen LogP contribution is 2.26. The fraction of sp³-hybridized carbons (Fsp3) is 0. The predicted octanol–water partition coefficient (Wildman–Crippen LogP) is 3.76. The number of rotatable bonds is 3. The van der Waals surface area contributed by atoms with Gasteiger partial charge >= 0.3 is 5.97 Å². The van der Waals surface area contributed by atoms with E-state index in [2.05, 4.69) is 21.2 Å². The van der Waals surface area contributed by atoms with Crippen LogP contribution >= 0.6 is 15.9 Å². The molecule has 0 aliphatic heterocycles. The Morgan fingerprint density at radius 3 is 2.61 bits per heavy atom. The third-order valence-corrected chi connectivity index (χ3v) is 2.69. The average molecular weight is 318 g/mol. The lowest BCUT2D eigenvalue weighted by Crippen LogP contribution is -1.95. The van der Waals surface area contributed by atoms with Gasteiger partial charge in [-0.05, 0) is 28.1 Å². The van der Waals surface area contributed by atoms with Crippen LogP contribution in [0.5, 0.6) is 0 Å². The van der Waals surface area contributed by atoms with Crippen molar-refractivity contribution in [3.8, 4) is 0 Å². The number of anilines is 2. The first-order chi connectivity index (χ1) is 8.47. The molecule has 18 heavy (non-hydrogen) atoms. The average Bonchev–Trinajstić information content (AvgIpc) is 2.74. The van der Waals surface area contributed by atoms with Gasteiger partial charge in [-0.25, -0.2) is 13.6 Å². The van der Waals surface area contributed by atoms with Gasteiger partial charge in [0.05, 0.1) is 10.2 Å². The molecule has 0 radical (unpaired) electrons. The summed E-state index contributed by atoms with van der Waals surface area (Å²) in [6, 6.07) is 4.40. The Labute approximate surface area is 108 Å². The monoisotopic (exact) mass is 317 g/mol. The van der Waals surface area contributed by atoms with E-state index >= 15 is 0 Å². The summed E-state index contributed by atoms with van der Waals surface area (Å²) in [4.78, 5) is 10.6. The summed E-state index contributed by atoms with van der Waals surface area (Å²) >= 11 is 2.84. The molecular weight excluding hydrogens is 312 g/mol. The molecule has 1 heterocycles. The van der Waals surface area contributed by atoms with Crippen molar-refractivity contribution in [3.63, 3.8) is 0 Å². The molecule has 2 aromatic rings. The Morgan fingerprint density at radius 2 is 2.00 bits per heavy atom. The largest absolute Gasteiger partial charge is 0.475 e. The van der Waals surface area contributed by atoms with Crippen LogP contribution in [0.25, 0.3) is 0 Å². The van der Waals surface area contributed by atoms with Crippen molar-refractivity contribution < 1.29 is 23.1 Å². The number of benzene rings is 1. The summed E-state index contributed by atoms with van der Waals surface area (Å²) in [5.41, 5.74) is -0.151. The highest BCUT2D eigenvalue weighted by Gasteiger charge is 2.12. The zero-order valence-corrected chi connectivity index (χ0v) is 10.3. The van der Waals surface area contributed by atoms with Crippen LogP contribution in [-0.2, 0) is 0 Å². The SMILES string of the molecule is O=C(O)c1ccc(Nc2cc(F)c(Br)cc2F)o1. The van der Waals surface area contributed by atoms with Gasteiger partial charge in [0.15, 0.2) is 5.88 Å². The Bertz CT molecular complexity index is 612. The van der Waals surface area contributed by atoms with Crippen LogP contribution in [0.15, 0.2) is 33.2 Å². The first-order valence-corrected chi connectivity index (χ1v) is 5.51. The van der Waals surface area contributed by atoms with Crippen LogP contribution in [-0.4, -0.2) is 11.1 Å². The lowest BCUT2D eigenvalue weighted by molar-refractivity contribution is 0.0663. The van der Waals surface area contributed by atoms with Crippen molar-refractivity contribution >= 4 is 33.5 Å². The van der Waals surface area contributed by atoms with Gasteiger partial charge in [-0.3, -0.25) is 0 Å². The van der Waals surface area contributed by atoms with Gasteiger partial charge in [0.1, 0.15) is 11.6 Å². The number of aromatic carboxylic acids is 1. The minimum absolute atomic E-state index is 0.00350. The third kappa shape index (κ3) is 2.51. The van der Waals surface area contributed by atoms with Crippen LogP contribution in [0.1, 0.15) is 10.6 Å². The lowest BCUT2D eigenvalue weighted by atomic mass is 10.3. The van der Waals surface area contributed by atoms with Crippen molar-refractivity contribution in [1.82, 2.24) is 0 Å². The van der Waals surface area contributed by atoms with Crippen molar-refractivity contribution in [2.45, 2.75) is 0 Å². The number of carbonyl (C=O) groups is 1. The Kier molecular flexibility index (Phi) is 3.33. The molecule has 1 aromatic carbocycles. The van der Waals surface area contributed by atoms with Crippen LogP contribution < -0.4 is 5.32 Å². The minimum Gasteiger partial charge on any atom is -0.475 e. The Morgan fingerprint density at radius 1 is 1.28 bits per heavy atom. The second-order valence-electron chi connectivity index (χ2n) is 3.34. The number of furan rings is 1. The normalized spacial score (nSPS) is 10.4. The van der Waals surface area contributed by atoms with Crippen molar-refractivity contribution in [2.24, 2.45) is 0 Å². The number of carboxylic acid groups (broad SMARTS) is 1. The first kappa shape index (κ1) is 12.6. The molecule has 2 N–H and O–H groups in total. The van der Waals surface area contributed by atoms with Gasteiger partial charge in [0.25, 0.3) is 0 Å². The van der Waals surface area contributed by atoms with Gasteiger partial charge in [0.2, 0.25) is 5.76 Å². The summed E-state index contributed by atoms with van der Waals surface area (Å²) in [6.45, 7) is 0. The number of nitrogens with one attached hydrogen (secondary N) is 1.